The van der Waals surface area contributed by atoms with Gasteiger partial charge in [0.05, 0.1) is 87.7 Å². The van der Waals surface area contributed by atoms with E-state index in [9.17, 15) is 81.5 Å². The zero-order valence-electron chi connectivity index (χ0n) is 76.6. The van der Waals surface area contributed by atoms with Crippen LogP contribution < -0.4 is 0 Å². The van der Waals surface area contributed by atoms with Crippen molar-refractivity contribution in [2.45, 2.75) is 81.1 Å². The molecule has 0 rings (SSSR count). The number of rotatable bonds is 68. The SMILES string of the molecule is C=CC(=O)OCC(C)(C)COC(=O)C(C)(C)COC(=O)C=C.C=CC(=O)OCC(CC)(COC(=O)C=C)COC(=O)C=C.C=CC(=O)OCC(CC)(COCC(CC)(COC(=O)C=C)COC(=O)C=C)COC(=O)C=C.C=CC(=O)OCC(COC(=O)C=C)(COC(=O)C=C)COC(=O)C=C.C=CC(=O)OCCOCC(CC)(COCCOC(=O)C=C)COCCOC(=O)C=C. The third kappa shape index (κ3) is 63.3. The molecule has 0 amide bonds. The fourth-order valence-corrected chi connectivity index (χ4v) is 8.41. The number of hydrogen-bond acceptors (Lipinski definition) is 38. The first-order chi connectivity index (χ1) is 61.8. The standard InChI is InChI=1S/C24H34O9.C21H32O9.C17H20O8.C16H24O6.C15H20O6/c1-7-19(25)30-15-23(11-5,16-31-20(26)8-2)13-29-14-24(12-6,17-32-21(27)9-3)18-33-22(28)10-4;1-5-18(22)28-12-9-25-15-21(8-4,16-26-10-13-29-19(23)6-2)17-27-11-14-30-20(24)7-3;1-5-13(18)22-9-17(10-23-14(19)6-2,11-24-15(20)7-3)12-25-16(21)8-4;1-7-12(17)20-9-15(3,4)10-22-14(19)16(5,6)11-21-13(18)8-2;1-5-12(16)19-9-15(8-4,10-20-13(17)6-2)11-21-14(18)7-3/h7-10H,1-4,11-18H2,5-6H3;5-7H,1-3,8-17H2,4H3;5-8H,1-4,9-12H2;7-8H,1-2,9-11H2,3-6H3;5-7H,1-3,8-11H2,4H3. The predicted molar refractivity (Wildman–Crippen MR) is 474 cm³/mol. The fraction of sp³-hybridized carbons (Fsp3) is 0.473. The van der Waals surface area contributed by atoms with E-state index in [0.29, 0.717) is 25.7 Å². The highest BCUT2D eigenvalue weighted by atomic mass is 16.6. The maximum absolute atomic E-state index is 12.0. The number of carbonyl (C=O) groups is 17. The average molecular weight is 1860 g/mol. The van der Waals surface area contributed by atoms with Gasteiger partial charge in [0.1, 0.15) is 105 Å². The van der Waals surface area contributed by atoms with E-state index in [2.05, 4.69) is 105 Å². The van der Waals surface area contributed by atoms with Crippen molar-refractivity contribution in [1.82, 2.24) is 0 Å². The van der Waals surface area contributed by atoms with E-state index in [1.165, 1.54) is 0 Å². The number of esters is 17. The van der Waals surface area contributed by atoms with Crippen molar-refractivity contribution in [1.29, 1.82) is 0 Å². The second-order valence-corrected chi connectivity index (χ2v) is 28.9. The summed E-state index contributed by atoms with van der Waals surface area (Å²) in [5.74, 6) is -10.6. The quantitative estimate of drug-likeness (QED) is 0.0237. The van der Waals surface area contributed by atoms with E-state index in [0.717, 1.165) is 97.2 Å². The van der Waals surface area contributed by atoms with E-state index < -0.39 is 139 Å². The summed E-state index contributed by atoms with van der Waals surface area (Å²) >= 11 is 0. The Morgan fingerprint density at radius 2 is 0.321 bits per heavy atom. The Morgan fingerprint density at radius 1 is 0.176 bits per heavy atom. The second-order valence-electron chi connectivity index (χ2n) is 28.9. The maximum atomic E-state index is 12.0. The molecular weight excluding hydrogens is 1720 g/mol. The van der Waals surface area contributed by atoms with Crippen LogP contribution in [0.2, 0.25) is 0 Å². The molecule has 0 aliphatic carbocycles. The van der Waals surface area contributed by atoms with Crippen LogP contribution in [-0.4, -0.2) is 267 Å². The predicted octanol–water partition coefficient (Wildman–Crippen LogP) is 8.83. The van der Waals surface area contributed by atoms with Crippen LogP contribution in [0.1, 0.15) is 81.1 Å². The molecule has 0 aliphatic rings. The normalized spacial score (nSPS) is 10.6. The molecule has 0 aromatic rings. The number of carbonyl (C=O) groups excluding carboxylic acids is 17. The molecule has 38 heteroatoms. The lowest BCUT2D eigenvalue weighted by molar-refractivity contribution is -0.166. The topological polar surface area (TPSA) is 484 Å². The van der Waals surface area contributed by atoms with Crippen molar-refractivity contribution in [2.75, 3.05) is 165 Å². The first kappa shape index (κ1) is 126. The van der Waals surface area contributed by atoms with Gasteiger partial charge in [0.2, 0.25) is 0 Å². The molecule has 0 bridgehead atoms. The largest absolute Gasteiger partial charge is 0.464 e. The first-order valence-corrected chi connectivity index (χ1v) is 40.0. The Balaban J connectivity index is -0.000000510. The maximum Gasteiger partial charge on any atom is 0.330 e. The minimum absolute atomic E-state index is 0.0326. The molecule has 0 aliphatic heterocycles. The van der Waals surface area contributed by atoms with Gasteiger partial charge in [-0.1, -0.05) is 147 Å². The summed E-state index contributed by atoms with van der Waals surface area (Å²) in [6.45, 7) is 66.9. The highest BCUT2D eigenvalue weighted by Crippen LogP contribution is 2.31. The Morgan fingerprint density at radius 3 is 0.511 bits per heavy atom. The van der Waals surface area contributed by atoms with Gasteiger partial charge in [-0.05, 0) is 39.5 Å². The minimum Gasteiger partial charge on any atom is -0.464 e. The summed E-state index contributed by atoms with van der Waals surface area (Å²) in [5.41, 5.74) is -5.90. The summed E-state index contributed by atoms with van der Waals surface area (Å²) in [6.07, 6.45) is 18.2. The summed E-state index contributed by atoms with van der Waals surface area (Å²) in [6, 6.07) is 0. The molecule has 0 saturated carbocycles. The van der Waals surface area contributed by atoms with Crippen LogP contribution in [-0.2, 0) is 181 Å². The van der Waals surface area contributed by atoms with Crippen LogP contribution in [0.15, 0.2) is 202 Å². The highest BCUT2D eigenvalue weighted by molar-refractivity contribution is 5.87. The molecule has 0 atom stereocenters. The molecule has 0 spiro atoms. The van der Waals surface area contributed by atoms with Crippen molar-refractivity contribution < 1.29 is 181 Å². The van der Waals surface area contributed by atoms with E-state index in [1.807, 2.05) is 20.8 Å². The number of hydrogen-bond donors (Lipinski definition) is 0. The average Bonchev–Trinajstić information content (AvgIpc) is 0.850. The highest BCUT2D eigenvalue weighted by Gasteiger charge is 2.41. The van der Waals surface area contributed by atoms with Gasteiger partial charge in [-0.25, -0.2) is 76.7 Å². The third-order valence-electron chi connectivity index (χ3n) is 17.2. The minimum atomic E-state index is -1.34. The molecule has 730 valence electrons. The van der Waals surface area contributed by atoms with Gasteiger partial charge < -0.3 is 99.5 Å². The smallest absolute Gasteiger partial charge is 0.330 e. The van der Waals surface area contributed by atoms with E-state index in [4.69, 9.17) is 99.5 Å². The van der Waals surface area contributed by atoms with Crippen LogP contribution in [0.3, 0.4) is 0 Å². The molecular formula is C93H130O38. The fourth-order valence-electron chi connectivity index (χ4n) is 8.41. The molecule has 0 radical (unpaired) electrons. The Hall–Kier alpha value is -13.3. The summed E-state index contributed by atoms with van der Waals surface area (Å²) in [7, 11) is 0. The third-order valence-corrected chi connectivity index (χ3v) is 17.2. The Labute approximate surface area is 765 Å². The van der Waals surface area contributed by atoms with Crippen molar-refractivity contribution in [3.8, 4) is 0 Å². The zero-order valence-corrected chi connectivity index (χ0v) is 76.6. The summed E-state index contributed by atoms with van der Waals surface area (Å²) in [5, 5.41) is 0. The molecule has 131 heavy (non-hydrogen) atoms. The van der Waals surface area contributed by atoms with Gasteiger partial charge in [0, 0.05) is 108 Å². The van der Waals surface area contributed by atoms with Gasteiger partial charge in [0.15, 0.2) is 0 Å². The summed E-state index contributed by atoms with van der Waals surface area (Å²) in [4.78, 5) is 192. The molecule has 0 fully saturated rings. The second kappa shape index (κ2) is 73.6. The van der Waals surface area contributed by atoms with Crippen molar-refractivity contribution in [3.05, 3.63) is 202 Å². The molecule has 0 aromatic carbocycles. The van der Waals surface area contributed by atoms with Crippen LogP contribution in [0.5, 0.6) is 0 Å². The van der Waals surface area contributed by atoms with Gasteiger partial charge in [0.25, 0.3) is 0 Å². The Kier molecular flexibility index (Phi) is 70.9. The van der Waals surface area contributed by atoms with Gasteiger partial charge >= 0.3 is 101 Å². The van der Waals surface area contributed by atoms with E-state index in [-0.39, 0.29) is 165 Å². The summed E-state index contributed by atoms with van der Waals surface area (Å²) < 4.78 is 108. The van der Waals surface area contributed by atoms with Crippen molar-refractivity contribution in [3.63, 3.8) is 0 Å². The van der Waals surface area contributed by atoms with Crippen LogP contribution >= 0.6 is 0 Å². The lowest BCUT2D eigenvalue weighted by Crippen LogP contribution is -2.43. The molecule has 38 nitrogen and oxygen atoms in total. The molecule has 0 saturated heterocycles. The van der Waals surface area contributed by atoms with Crippen molar-refractivity contribution in [2.24, 2.45) is 37.9 Å². The molecule has 0 N–H and O–H groups in total. The monoisotopic (exact) mass is 1850 g/mol. The van der Waals surface area contributed by atoms with Gasteiger partial charge in [-0.3, -0.25) is 4.79 Å². The molecule has 0 aromatic heterocycles. The van der Waals surface area contributed by atoms with Crippen molar-refractivity contribution >= 4 is 101 Å². The van der Waals surface area contributed by atoms with Gasteiger partial charge in [-0.2, -0.15) is 0 Å². The van der Waals surface area contributed by atoms with Crippen LogP contribution in [0, 0.1) is 37.9 Å². The van der Waals surface area contributed by atoms with Crippen LogP contribution in [0.25, 0.3) is 0 Å². The Bertz CT molecular complexity index is 3490. The van der Waals surface area contributed by atoms with E-state index >= 15 is 0 Å². The van der Waals surface area contributed by atoms with Crippen LogP contribution in [0.4, 0.5) is 0 Å². The lowest BCUT2D eigenvalue weighted by atomic mass is 9.86. The molecule has 0 heterocycles. The lowest BCUT2D eigenvalue weighted by Gasteiger charge is -2.35. The zero-order chi connectivity index (χ0) is 101. The van der Waals surface area contributed by atoms with Gasteiger partial charge in [-0.15, -0.1) is 0 Å². The molecule has 0 unspecified atom stereocenters. The number of ether oxygens (including phenoxy) is 21. The van der Waals surface area contributed by atoms with E-state index in [1.54, 1.807) is 34.6 Å². The first-order valence-electron chi connectivity index (χ1n) is 40.0.